The van der Waals surface area contributed by atoms with Crippen LogP contribution >= 0.6 is 11.8 Å². The summed E-state index contributed by atoms with van der Waals surface area (Å²) in [5, 5.41) is 17.0. The van der Waals surface area contributed by atoms with E-state index >= 15 is 0 Å². The van der Waals surface area contributed by atoms with Gasteiger partial charge in [0.1, 0.15) is 0 Å². The molecule has 0 radical (unpaired) electrons. The molecule has 1 aromatic carbocycles. The average molecular weight is 333 g/mol. The average Bonchev–Trinajstić information content (AvgIpc) is 3.17. The van der Waals surface area contributed by atoms with Crippen LogP contribution in [0.1, 0.15) is 12.8 Å². The normalized spacial score (nSPS) is 20.7. The summed E-state index contributed by atoms with van der Waals surface area (Å²) >= 11 is 1.73. The summed E-state index contributed by atoms with van der Waals surface area (Å²) in [6.45, 7) is 1.81. The lowest BCUT2D eigenvalue weighted by atomic mass is 10.0. The van der Waals surface area contributed by atoms with E-state index in [2.05, 4.69) is 39.6 Å². The quantitative estimate of drug-likeness (QED) is 0.710. The molecular formula is C17H23N3O2S. The number of amides is 2. The van der Waals surface area contributed by atoms with E-state index in [4.69, 9.17) is 0 Å². The summed E-state index contributed by atoms with van der Waals surface area (Å²) in [4.78, 5) is 11.8. The third kappa shape index (κ3) is 4.20. The van der Waals surface area contributed by atoms with E-state index in [0.717, 1.165) is 25.1 Å². The van der Waals surface area contributed by atoms with Crippen molar-refractivity contribution in [3.05, 3.63) is 36.5 Å². The molecule has 1 unspecified atom stereocenters. The molecule has 0 saturated carbocycles. The van der Waals surface area contributed by atoms with Gasteiger partial charge >= 0.3 is 6.03 Å². The van der Waals surface area contributed by atoms with Crippen LogP contribution in [0, 0.1) is 0 Å². The van der Waals surface area contributed by atoms with Crippen molar-refractivity contribution in [3.63, 3.8) is 0 Å². The predicted molar refractivity (Wildman–Crippen MR) is 94.8 cm³/mol. The minimum Gasteiger partial charge on any atom is -0.387 e. The largest absolute Gasteiger partial charge is 0.387 e. The molecule has 23 heavy (non-hydrogen) atoms. The van der Waals surface area contributed by atoms with Gasteiger partial charge in [0.15, 0.2) is 0 Å². The zero-order chi connectivity index (χ0) is 16.1. The number of hydrogen-bond acceptors (Lipinski definition) is 3. The fraction of sp³-hybridized carbons (Fsp3) is 0.471. The number of carbonyl (C=O) groups is 1. The van der Waals surface area contributed by atoms with Gasteiger partial charge in [-0.15, -0.1) is 0 Å². The molecule has 1 atom stereocenters. The molecule has 3 rings (SSSR count). The number of hydrogen-bond donors (Lipinski definition) is 3. The number of para-hydroxylation sites is 1. The highest BCUT2D eigenvalue weighted by molar-refractivity contribution is 7.99. The summed E-state index contributed by atoms with van der Waals surface area (Å²) in [6, 6.07) is 10.2. The van der Waals surface area contributed by atoms with E-state index in [9.17, 15) is 9.90 Å². The van der Waals surface area contributed by atoms with Crippen LogP contribution in [0.2, 0.25) is 0 Å². The number of fused-ring (bicyclic) bond motifs is 1. The second-order valence-electron chi connectivity index (χ2n) is 6.06. The van der Waals surface area contributed by atoms with Gasteiger partial charge < -0.3 is 20.3 Å². The van der Waals surface area contributed by atoms with Gasteiger partial charge in [-0.3, -0.25) is 0 Å². The molecule has 1 aliphatic heterocycles. The van der Waals surface area contributed by atoms with Gasteiger partial charge in [0, 0.05) is 37.1 Å². The highest BCUT2D eigenvalue weighted by Crippen LogP contribution is 2.26. The molecule has 1 aliphatic rings. The number of aromatic nitrogens is 1. The van der Waals surface area contributed by atoms with Crippen LogP contribution < -0.4 is 10.6 Å². The van der Waals surface area contributed by atoms with Crippen molar-refractivity contribution in [1.82, 2.24) is 15.2 Å². The SMILES string of the molecule is O=C(NCCCn1ccc2ccccc21)NCC1(O)CCSC1. The fourth-order valence-corrected chi connectivity index (χ4v) is 4.13. The third-order valence-corrected chi connectivity index (χ3v) is 5.44. The molecule has 124 valence electrons. The summed E-state index contributed by atoms with van der Waals surface area (Å²) in [7, 11) is 0. The van der Waals surface area contributed by atoms with Gasteiger partial charge in [-0.2, -0.15) is 11.8 Å². The maximum Gasteiger partial charge on any atom is 0.314 e. The molecule has 6 heteroatoms. The number of rotatable bonds is 6. The lowest BCUT2D eigenvalue weighted by Crippen LogP contribution is -2.46. The van der Waals surface area contributed by atoms with Crippen molar-refractivity contribution in [2.24, 2.45) is 0 Å². The van der Waals surface area contributed by atoms with Gasteiger partial charge in [0.05, 0.1) is 5.60 Å². The maximum absolute atomic E-state index is 11.8. The first-order valence-corrected chi connectivity index (χ1v) is 9.17. The van der Waals surface area contributed by atoms with E-state index in [-0.39, 0.29) is 6.03 Å². The van der Waals surface area contributed by atoms with Crippen molar-refractivity contribution in [2.45, 2.75) is 25.0 Å². The van der Waals surface area contributed by atoms with Crippen LogP contribution in [0.3, 0.4) is 0 Å². The van der Waals surface area contributed by atoms with Gasteiger partial charge in [-0.25, -0.2) is 4.79 Å². The smallest absolute Gasteiger partial charge is 0.314 e. The number of urea groups is 1. The zero-order valence-electron chi connectivity index (χ0n) is 13.1. The Kier molecular flexibility index (Phi) is 5.13. The molecule has 1 fully saturated rings. The van der Waals surface area contributed by atoms with Crippen molar-refractivity contribution >= 4 is 28.7 Å². The topological polar surface area (TPSA) is 66.3 Å². The first-order chi connectivity index (χ1) is 11.2. The Morgan fingerprint density at radius 2 is 2.17 bits per heavy atom. The van der Waals surface area contributed by atoms with E-state index in [1.165, 1.54) is 10.9 Å². The summed E-state index contributed by atoms with van der Waals surface area (Å²) in [6.07, 6.45) is 3.70. The first-order valence-electron chi connectivity index (χ1n) is 8.02. The van der Waals surface area contributed by atoms with E-state index < -0.39 is 5.60 Å². The van der Waals surface area contributed by atoms with E-state index in [1.807, 2.05) is 12.1 Å². The number of benzene rings is 1. The maximum atomic E-state index is 11.8. The summed E-state index contributed by atoms with van der Waals surface area (Å²) in [5.74, 6) is 1.67. The Balaban J connectivity index is 1.37. The number of carbonyl (C=O) groups excluding carboxylic acids is 1. The Labute approximate surface area is 140 Å². The number of nitrogens with one attached hydrogen (secondary N) is 2. The summed E-state index contributed by atoms with van der Waals surface area (Å²) < 4.78 is 2.20. The van der Waals surface area contributed by atoms with E-state index in [0.29, 0.717) is 18.8 Å². The fourth-order valence-electron chi connectivity index (χ4n) is 2.83. The Bertz CT molecular complexity index is 665. The number of nitrogens with zero attached hydrogens (tertiary/aromatic N) is 1. The molecule has 3 N–H and O–H groups in total. The van der Waals surface area contributed by atoms with Gasteiger partial charge in [-0.05, 0) is 36.1 Å². The molecule has 1 aromatic heterocycles. The Morgan fingerprint density at radius 1 is 1.30 bits per heavy atom. The van der Waals surface area contributed by atoms with Crippen molar-refractivity contribution in [3.8, 4) is 0 Å². The second-order valence-corrected chi connectivity index (χ2v) is 7.16. The monoisotopic (exact) mass is 333 g/mol. The highest BCUT2D eigenvalue weighted by Gasteiger charge is 2.31. The van der Waals surface area contributed by atoms with Crippen LogP contribution in [0.5, 0.6) is 0 Å². The summed E-state index contributed by atoms with van der Waals surface area (Å²) in [5.41, 5.74) is 0.490. The third-order valence-electron chi connectivity index (χ3n) is 4.20. The highest BCUT2D eigenvalue weighted by atomic mass is 32.2. The van der Waals surface area contributed by atoms with Crippen molar-refractivity contribution in [2.75, 3.05) is 24.6 Å². The molecule has 0 aliphatic carbocycles. The number of aliphatic hydroxyl groups is 1. The predicted octanol–water partition coefficient (Wildman–Crippen LogP) is 2.20. The molecular weight excluding hydrogens is 310 g/mol. The Hall–Kier alpha value is -1.66. The van der Waals surface area contributed by atoms with Crippen LogP contribution in [0.25, 0.3) is 10.9 Å². The Morgan fingerprint density at radius 3 is 3.00 bits per heavy atom. The van der Waals surface area contributed by atoms with Crippen molar-refractivity contribution < 1.29 is 9.90 Å². The van der Waals surface area contributed by atoms with Crippen LogP contribution in [0.15, 0.2) is 36.5 Å². The zero-order valence-corrected chi connectivity index (χ0v) is 13.9. The number of thioether (sulfide) groups is 1. The molecule has 2 heterocycles. The molecule has 2 amide bonds. The molecule has 0 spiro atoms. The number of aryl methyl sites for hydroxylation is 1. The lowest BCUT2D eigenvalue weighted by Gasteiger charge is -2.21. The van der Waals surface area contributed by atoms with Crippen LogP contribution in [-0.4, -0.2) is 45.9 Å². The molecule has 1 saturated heterocycles. The van der Waals surface area contributed by atoms with E-state index in [1.54, 1.807) is 11.8 Å². The minimum atomic E-state index is -0.730. The van der Waals surface area contributed by atoms with Crippen LogP contribution in [-0.2, 0) is 6.54 Å². The van der Waals surface area contributed by atoms with Crippen LogP contribution in [0.4, 0.5) is 4.79 Å². The standard InChI is InChI=1S/C17H23N3O2S/c21-16(19-12-17(22)7-11-23-13-17)18-8-3-9-20-10-6-14-4-1-2-5-15(14)20/h1-2,4-6,10,22H,3,7-9,11-13H2,(H2,18,19,21). The van der Waals surface area contributed by atoms with Gasteiger partial charge in [0.25, 0.3) is 0 Å². The molecule has 2 aromatic rings. The minimum absolute atomic E-state index is 0.201. The lowest BCUT2D eigenvalue weighted by molar-refractivity contribution is 0.0700. The molecule has 5 nitrogen and oxygen atoms in total. The van der Waals surface area contributed by atoms with Gasteiger partial charge in [0.2, 0.25) is 0 Å². The first kappa shape index (κ1) is 16.2. The second kappa shape index (κ2) is 7.27. The molecule has 0 bridgehead atoms. The van der Waals surface area contributed by atoms with Crippen molar-refractivity contribution in [1.29, 1.82) is 0 Å². The van der Waals surface area contributed by atoms with Gasteiger partial charge in [-0.1, -0.05) is 18.2 Å².